The van der Waals surface area contributed by atoms with Crippen LogP contribution < -0.4 is 0 Å². The standard InChI is InChI=1S/C52H80O24/c1-5-9-13-55-43-39-33-25(19-61-39)67-51(43)75-35-27-21-63-41(35)45(57-15-11-7-3)49(69-27)73-32-24-18-60-38(32)30(54)48(66-24)72-34-26-20-62-40(34)44(56-14-10-6-2)52(68-26)76-36-28-22-64-42(36)46(58-16-12-8-4)50(70-28)74-31-23-17-59-37(31)29(53)47(65-23)71-33/h23-54H,5-22H2,1-4H3/t23-,24-,25-,26-,27-,28-,29+,30+,31+,32+,33+,34+,35+,36+,37-,38-,39+,40+,41+,42+,43+,44+,45+,46+,47+,48+,49+,50+,51+,52+/m0/s1. The molecule has 24 heteroatoms. The lowest BCUT2D eigenvalue weighted by Crippen LogP contribution is -2.65. The summed E-state index contributed by atoms with van der Waals surface area (Å²) < 4.78 is 145. The van der Waals surface area contributed by atoms with Crippen molar-refractivity contribution in [3.05, 3.63) is 0 Å². The van der Waals surface area contributed by atoms with Crippen molar-refractivity contribution in [3.63, 3.8) is 0 Å². The van der Waals surface area contributed by atoms with E-state index in [2.05, 4.69) is 27.7 Å². The van der Waals surface area contributed by atoms with Crippen LogP contribution in [0.3, 0.4) is 0 Å². The minimum Gasteiger partial charge on any atom is -0.385 e. The van der Waals surface area contributed by atoms with Crippen molar-refractivity contribution in [2.24, 2.45) is 0 Å². The molecule has 2 N–H and O–H groups in total. The van der Waals surface area contributed by atoms with Crippen molar-refractivity contribution in [1.29, 1.82) is 0 Å². The molecule has 0 radical (unpaired) electrons. The molecule has 24 bridgehead atoms. The van der Waals surface area contributed by atoms with Crippen molar-refractivity contribution < 1.29 is 114 Å². The average molecular weight is 1090 g/mol. The van der Waals surface area contributed by atoms with Crippen LogP contribution in [0.25, 0.3) is 0 Å². The maximum absolute atomic E-state index is 12.0. The van der Waals surface area contributed by atoms with E-state index in [4.69, 9.17) is 104 Å². The lowest BCUT2D eigenvalue weighted by atomic mass is 9.97. The molecule has 0 aromatic carbocycles. The first kappa shape index (κ1) is 54.3. The smallest absolute Gasteiger partial charge is 0.187 e. The van der Waals surface area contributed by atoms with E-state index in [0.29, 0.717) is 26.4 Å². The Balaban J connectivity index is 0.802. The summed E-state index contributed by atoms with van der Waals surface area (Å²) in [5.41, 5.74) is 0. The van der Waals surface area contributed by atoms with Gasteiger partial charge in [0.2, 0.25) is 0 Å². The number of aliphatic hydroxyl groups is 2. The highest BCUT2D eigenvalue weighted by Gasteiger charge is 2.65. The normalized spacial score (nSPS) is 53.0. The van der Waals surface area contributed by atoms with Gasteiger partial charge in [-0.2, -0.15) is 0 Å². The first-order chi connectivity index (χ1) is 37.3. The third-order valence-corrected chi connectivity index (χ3v) is 17.3. The van der Waals surface area contributed by atoms with Crippen molar-refractivity contribution in [1.82, 2.24) is 0 Å². The van der Waals surface area contributed by atoms with Crippen molar-refractivity contribution >= 4 is 0 Å². The summed E-state index contributed by atoms with van der Waals surface area (Å²) in [7, 11) is 0. The molecule has 30 atom stereocenters. The Morgan fingerprint density at radius 2 is 0.487 bits per heavy atom. The fraction of sp³-hybridized carbons (Fsp3) is 1.00. The van der Waals surface area contributed by atoms with Crippen molar-refractivity contribution in [2.45, 2.75) is 263 Å². The van der Waals surface area contributed by atoms with E-state index in [1.54, 1.807) is 0 Å². The van der Waals surface area contributed by atoms with E-state index in [9.17, 15) is 10.2 Å². The van der Waals surface area contributed by atoms with Crippen LogP contribution in [-0.2, 0) is 104 Å². The molecule has 30 fully saturated rings. The molecule has 0 saturated carbocycles. The summed E-state index contributed by atoms with van der Waals surface area (Å²) in [4.78, 5) is 0. The third kappa shape index (κ3) is 10.2. The van der Waals surface area contributed by atoms with Gasteiger partial charge in [0, 0.05) is 26.4 Å². The van der Waals surface area contributed by atoms with Crippen LogP contribution in [-0.4, -0.2) is 261 Å². The Morgan fingerprint density at radius 3 is 0.737 bits per heavy atom. The van der Waals surface area contributed by atoms with Gasteiger partial charge in [0.05, 0.1) is 39.6 Å². The van der Waals surface area contributed by atoms with E-state index in [-0.39, 0.29) is 39.6 Å². The molecule has 0 spiro atoms. The van der Waals surface area contributed by atoms with Gasteiger partial charge in [-0.25, -0.2) is 0 Å². The summed E-state index contributed by atoms with van der Waals surface area (Å²) in [6.45, 7) is 11.1. The van der Waals surface area contributed by atoms with E-state index in [1.165, 1.54) is 0 Å². The second-order valence-corrected chi connectivity index (χ2v) is 22.4. The van der Waals surface area contributed by atoms with Crippen LogP contribution in [0.2, 0.25) is 0 Å². The highest BCUT2D eigenvalue weighted by atomic mass is 16.8. The van der Waals surface area contributed by atoms with E-state index < -0.39 is 184 Å². The zero-order valence-electron chi connectivity index (χ0n) is 43.9. The summed E-state index contributed by atoms with van der Waals surface area (Å²) in [5, 5.41) is 24.1. The van der Waals surface area contributed by atoms with Gasteiger partial charge >= 0.3 is 0 Å². The fourth-order valence-corrected chi connectivity index (χ4v) is 13.2. The monoisotopic (exact) mass is 1090 g/mol. The van der Waals surface area contributed by atoms with Crippen molar-refractivity contribution in [3.8, 4) is 0 Å². The quantitative estimate of drug-likeness (QED) is 0.200. The van der Waals surface area contributed by atoms with Crippen LogP contribution in [0, 0.1) is 0 Å². The van der Waals surface area contributed by atoms with Gasteiger partial charge in [-0.3, -0.25) is 0 Å². The number of rotatable bonds is 16. The summed E-state index contributed by atoms with van der Waals surface area (Å²) in [6, 6.07) is 0. The van der Waals surface area contributed by atoms with Crippen LogP contribution >= 0.6 is 0 Å². The molecule has 432 valence electrons. The van der Waals surface area contributed by atoms with Gasteiger partial charge in [-0.15, -0.1) is 0 Å². The number of hydrogen-bond donors (Lipinski definition) is 2. The highest BCUT2D eigenvalue weighted by Crippen LogP contribution is 2.46. The first-order valence-electron chi connectivity index (χ1n) is 28.7. The molecule has 30 heterocycles. The molecular formula is C52H80O24. The zero-order chi connectivity index (χ0) is 51.6. The molecular weight excluding hydrogens is 1010 g/mol. The van der Waals surface area contributed by atoms with Gasteiger partial charge in [-0.1, -0.05) is 53.4 Å². The maximum atomic E-state index is 12.0. The minimum atomic E-state index is -1.26. The van der Waals surface area contributed by atoms with E-state index in [1.807, 2.05) is 0 Å². The molecule has 30 aliphatic rings. The number of ether oxygens (including phenoxy) is 22. The Bertz CT molecular complexity index is 1750. The summed E-state index contributed by atoms with van der Waals surface area (Å²) in [6.07, 6.45) is -16.7. The molecule has 0 amide bonds. The van der Waals surface area contributed by atoms with Crippen molar-refractivity contribution in [2.75, 3.05) is 66.1 Å². The predicted octanol–water partition coefficient (Wildman–Crippen LogP) is 0.516. The van der Waals surface area contributed by atoms with Crippen LogP contribution in [0.4, 0.5) is 0 Å². The largest absolute Gasteiger partial charge is 0.385 e. The van der Waals surface area contributed by atoms with Gasteiger partial charge < -0.3 is 114 Å². The average Bonchev–Trinajstić information content (AvgIpc) is 4.22. The predicted molar refractivity (Wildman–Crippen MR) is 250 cm³/mol. The molecule has 30 saturated heterocycles. The molecule has 0 unspecified atom stereocenters. The second kappa shape index (κ2) is 23.7. The molecule has 0 aromatic rings. The molecule has 76 heavy (non-hydrogen) atoms. The number of hydrogen-bond acceptors (Lipinski definition) is 24. The first-order valence-corrected chi connectivity index (χ1v) is 28.7. The molecule has 24 nitrogen and oxygen atoms in total. The Kier molecular flexibility index (Phi) is 16.9. The lowest BCUT2D eigenvalue weighted by Gasteiger charge is -2.48. The van der Waals surface area contributed by atoms with E-state index in [0.717, 1.165) is 51.4 Å². The van der Waals surface area contributed by atoms with Crippen LogP contribution in [0.15, 0.2) is 0 Å². The van der Waals surface area contributed by atoms with Gasteiger partial charge in [0.15, 0.2) is 37.7 Å². The van der Waals surface area contributed by atoms with Crippen LogP contribution in [0.1, 0.15) is 79.1 Å². The van der Waals surface area contributed by atoms with Crippen LogP contribution in [0.5, 0.6) is 0 Å². The number of aliphatic hydroxyl groups excluding tert-OH is 2. The topological polar surface area (TPSA) is 244 Å². The highest BCUT2D eigenvalue weighted by molar-refractivity contribution is 5.07. The Labute approximate surface area is 442 Å². The lowest BCUT2D eigenvalue weighted by molar-refractivity contribution is -0.371. The summed E-state index contributed by atoms with van der Waals surface area (Å²) in [5.74, 6) is 0. The SMILES string of the molecule is CCCCO[C@H]1[C@H]2O[C@H]3[C@H]4OC[C@@H]3O[C@H](O[C@H]3[C@H]5OC[C@@H]3O[C@H](O[C@H]3[C@H]6OC[C@@H]3O[C@H](O[C@H]3[C@H]7OC[C@@H]3O[C@H](O[C@H]3[C@H]8OC[C@@H]3O[C@H](O[C@H]3[C@H]1OC[C@@H]3O2)[C@@H]8O)[C@@H]7OCCCC)[C@@H]6OCCCC)[C@@H]5O)[C@@H]4OCCCC. The summed E-state index contributed by atoms with van der Waals surface area (Å²) >= 11 is 0. The van der Waals surface area contributed by atoms with Gasteiger partial charge in [0.1, 0.15) is 146 Å². The molecule has 0 aromatic heterocycles. The Hall–Kier alpha value is -0.960. The maximum Gasteiger partial charge on any atom is 0.187 e. The second-order valence-electron chi connectivity index (χ2n) is 22.4. The minimum absolute atomic E-state index is 0.149. The van der Waals surface area contributed by atoms with Gasteiger partial charge in [-0.05, 0) is 25.7 Å². The molecule has 0 aliphatic carbocycles. The van der Waals surface area contributed by atoms with E-state index >= 15 is 0 Å². The molecule has 30 rings (SSSR count). The zero-order valence-corrected chi connectivity index (χ0v) is 43.9. The Morgan fingerprint density at radius 1 is 0.276 bits per heavy atom. The van der Waals surface area contributed by atoms with Gasteiger partial charge in [0.25, 0.3) is 0 Å². The third-order valence-electron chi connectivity index (χ3n) is 17.3. The number of unbranched alkanes of at least 4 members (excludes halogenated alkanes) is 4. The fourth-order valence-electron chi connectivity index (χ4n) is 13.2. The molecule has 30 aliphatic heterocycles.